The van der Waals surface area contributed by atoms with Crippen molar-refractivity contribution in [2.45, 2.75) is 0 Å². The van der Waals surface area contributed by atoms with Crippen molar-refractivity contribution in [3.63, 3.8) is 0 Å². The first-order chi connectivity index (χ1) is 5.27. The third-order valence-corrected chi connectivity index (χ3v) is 2.23. The molecule has 0 fully saturated rings. The van der Waals surface area contributed by atoms with Gasteiger partial charge in [0.15, 0.2) is 0 Å². The molecule has 3 N–H and O–H groups in total. The fourth-order valence-electron chi connectivity index (χ4n) is 0.886. The summed E-state index contributed by atoms with van der Waals surface area (Å²) < 4.78 is 0. The molecular weight excluding hydrogens is 162 g/mol. The highest BCUT2D eigenvalue weighted by atomic mass is 32.1. The zero-order valence-corrected chi connectivity index (χ0v) is 6.31. The van der Waals surface area contributed by atoms with Crippen LogP contribution in [0.1, 0.15) is 0 Å². The lowest BCUT2D eigenvalue weighted by Crippen LogP contribution is -2.03. The summed E-state index contributed by atoms with van der Waals surface area (Å²) >= 11 is 1.31. The molecule has 0 aliphatic heterocycles. The summed E-state index contributed by atoms with van der Waals surface area (Å²) in [7, 11) is 0. The van der Waals surface area contributed by atoms with Gasteiger partial charge in [-0.15, -0.1) is 0 Å². The second kappa shape index (κ2) is 2.06. The summed E-state index contributed by atoms with van der Waals surface area (Å²) in [5.74, 6) is 0. The topological polar surface area (TPSA) is 71.8 Å². The van der Waals surface area contributed by atoms with Crippen LogP contribution < -0.4 is 11.3 Å². The molecule has 0 atom stereocenters. The molecule has 0 bridgehead atoms. The van der Waals surface area contributed by atoms with Gasteiger partial charge in [0.05, 0.1) is 16.7 Å². The van der Waals surface area contributed by atoms with Crippen molar-refractivity contribution in [1.29, 1.82) is 0 Å². The first-order valence-corrected chi connectivity index (χ1v) is 3.82. The van der Waals surface area contributed by atoms with Crippen LogP contribution in [0.25, 0.3) is 10.2 Å². The van der Waals surface area contributed by atoms with Gasteiger partial charge in [0.25, 0.3) is 5.56 Å². The molecule has 0 aliphatic carbocycles. The van der Waals surface area contributed by atoms with E-state index in [1.165, 1.54) is 17.7 Å². The van der Waals surface area contributed by atoms with Gasteiger partial charge in [0.2, 0.25) is 0 Å². The van der Waals surface area contributed by atoms with Gasteiger partial charge in [-0.3, -0.25) is 4.79 Å². The molecule has 0 spiro atoms. The largest absolute Gasteiger partial charge is 0.391 e. The number of nitrogens with one attached hydrogen (secondary N) is 1. The van der Waals surface area contributed by atoms with Crippen molar-refractivity contribution in [2.24, 2.45) is 0 Å². The summed E-state index contributed by atoms with van der Waals surface area (Å²) in [6, 6.07) is 1.63. The number of H-pyrrole nitrogens is 1. The lowest BCUT2D eigenvalue weighted by Gasteiger charge is -1.82. The highest BCUT2D eigenvalue weighted by molar-refractivity contribution is 7.22. The molecule has 11 heavy (non-hydrogen) atoms. The first-order valence-electron chi connectivity index (χ1n) is 3.00. The van der Waals surface area contributed by atoms with E-state index in [1.807, 2.05) is 0 Å². The molecule has 4 nitrogen and oxygen atoms in total. The van der Waals surface area contributed by atoms with Crippen LogP contribution in [0.5, 0.6) is 0 Å². The Hall–Kier alpha value is -1.36. The Bertz CT molecular complexity index is 444. The van der Waals surface area contributed by atoms with Crippen LogP contribution in [-0.4, -0.2) is 9.97 Å². The summed E-state index contributed by atoms with van der Waals surface area (Å²) in [6.45, 7) is 0. The molecule has 2 heterocycles. The summed E-state index contributed by atoms with van der Waals surface area (Å²) in [5, 5.41) is 1.18. The molecule has 0 unspecified atom stereocenters. The van der Waals surface area contributed by atoms with Crippen molar-refractivity contribution in [3.05, 3.63) is 22.7 Å². The Kier molecular flexibility index (Phi) is 1.19. The van der Waals surface area contributed by atoms with E-state index in [2.05, 4.69) is 9.97 Å². The van der Waals surface area contributed by atoms with Crippen LogP contribution in [0.15, 0.2) is 17.2 Å². The van der Waals surface area contributed by atoms with Crippen molar-refractivity contribution < 1.29 is 0 Å². The van der Waals surface area contributed by atoms with Gasteiger partial charge < -0.3 is 10.7 Å². The highest BCUT2D eigenvalue weighted by Gasteiger charge is 2.01. The Morgan fingerprint density at radius 1 is 1.64 bits per heavy atom. The molecule has 0 amide bonds. The van der Waals surface area contributed by atoms with E-state index < -0.39 is 0 Å². The Morgan fingerprint density at radius 3 is 3.18 bits per heavy atom. The molecule has 0 aliphatic rings. The summed E-state index contributed by atoms with van der Waals surface area (Å²) in [4.78, 5) is 18.2. The van der Waals surface area contributed by atoms with Gasteiger partial charge in [0.1, 0.15) is 4.83 Å². The maximum atomic E-state index is 11.0. The highest BCUT2D eigenvalue weighted by Crippen LogP contribution is 2.21. The number of nitrogens with zero attached hydrogens (tertiary/aromatic N) is 1. The van der Waals surface area contributed by atoms with Crippen molar-refractivity contribution in [2.75, 3.05) is 5.73 Å². The monoisotopic (exact) mass is 167 g/mol. The van der Waals surface area contributed by atoms with E-state index in [-0.39, 0.29) is 5.56 Å². The number of fused-ring (bicyclic) bond motifs is 1. The fourth-order valence-corrected chi connectivity index (χ4v) is 1.65. The van der Waals surface area contributed by atoms with E-state index in [9.17, 15) is 4.79 Å². The Labute approximate surface area is 65.7 Å². The smallest absolute Gasteiger partial charge is 0.259 e. The third kappa shape index (κ3) is 0.894. The maximum Gasteiger partial charge on any atom is 0.259 e. The number of thiophene rings is 1. The number of hydrogen-bond acceptors (Lipinski definition) is 4. The van der Waals surface area contributed by atoms with E-state index in [0.717, 1.165) is 0 Å². The van der Waals surface area contributed by atoms with Gasteiger partial charge in [-0.25, -0.2) is 4.98 Å². The maximum absolute atomic E-state index is 11.0. The van der Waals surface area contributed by atoms with E-state index in [4.69, 9.17) is 5.73 Å². The molecule has 0 radical (unpaired) electrons. The lowest BCUT2D eigenvalue weighted by atomic mass is 10.4. The Morgan fingerprint density at radius 2 is 2.45 bits per heavy atom. The van der Waals surface area contributed by atoms with Crippen LogP contribution in [0, 0.1) is 0 Å². The van der Waals surface area contributed by atoms with Crippen molar-refractivity contribution >= 4 is 26.6 Å². The third-order valence-electron chi connectivity index (χ3n) is 1.35. The number of nitrogens with two attached hydrogens (primary N) is 1. The van der Waals surface area contributed by atoms with E-state index in [1.54, 1.807) is 6.07 Å². The van der Waals surface area contributed by atoms with Gasteiger partial charge in [0, 0.05) is 0 Å². The second-order valence-corrected chi connectivity index (χ2v) is 3.16. The van der Waals surface area contributed by atoms with Crippen LogP contribution in [-0.2, 0) is 0 Å². The molecule has 0 saturated carbocycles. The summed E-state index contributed by atoms with van der Waals surface area (Å²) in [5.41, 5.74) is 5.35. The average Bonchev–Trinajstić information content (AvgIpc) is 2.31. The number of aromatic amines is 1. The molecule has 2 aromatic heterocycles. The average molecular weight is 167 g/mol. The van der Waals surface area contributed by atoms with Gasteiger partial charge in [-0.05, 0) is 6.07 Å². The molecule has 0 aromatic carbocycles. The van der Waals surface area contributed by atoms with Crippen molar-refractivity contribution in [1.82, 2.24) is 9.97 Å². The molecule has 56 valence electrons. The second-order valence-electron chi connectivity index (χ2n) is 2.10. The predicted molar refractivity (Wildman–Crippen MR) is 44.7 cm³/mol. The molecular formula is C6H5N3OS. The molecule has 5 heteroatoms. The van der Waals surface area contributed by atoms with Gasteiger partial charge >= 0.3 is 0 Å². The number of aromatic nitrogens is 2. The number of nitrogen functional groups attached to an aromatic ring is 1. The molecule has 0 saturated heterocycles. The lowest BCUT2D eigenvalue weighted by molar-refractivity contribution is 1.18. The molecule has 2 rings (SSSR count). The van der Waals surface area contributed by atoms with Gasteiger partial charge in [-0.1, -0.05) is 11.3 Å². The SMILES string of the molecule is Nc1cc2c(=O)[nH]cnc2s1. The van der Waals surface area contributed by atoms with E-state index in [0.29, 0.717) is 15.2 Å². The minimum atomic E-state index is -0.136. The van der Waals surface area contributed by atoms with Gasteiger partial charge in [-0.2, -0.15) is 0 Å². The number of rotatable bonds is 0. The fraction of sp³-hybridized carbons (Fsp3) is 0. The number of anilines is 1. The minimum absolute atomic E-state index is 0.136. The van der Waals surface area contributed by atoms with Crippen LogP contribution >= 0.6 is 11.3 Å². The minimum Gasteiger partial charge on any atom is -0.391 e. The summed E-state index contributed by atoms with van der Waals surface area (Å²) in [6.07, 6.45) is 1.38. The van der Waals surface area contributed by atoms with Crippen LogP contribution in [0.4, 0.5) is 5.00 Å². The first kappa shape index (κ1) is 6.36. The quantitative estimate of drug-likeness (QED) is 0.602. The Balaban J connectivity index is 3.02. The zero-order valence-electron chi connectivity index (χ0n) is 5.50. The predicted octanol–water partition coefficient (Wildman–Crippen LogP) is 0.567. The normalized spacial score (nSPS) is 10.5. The van der Waals surface area contributed by atoms with Crippen LogP contribution in [0.3, 0.4) is 0 Å². The number of hydrogen-bond donors (Lipinski definition) is 2. The van der Waals surface area contributed by atoms with Crippen LogP contribution in [0.2, 0.25) is 0 Å². The van der Waals surface area contributed by atoms with E-state index >= 15 is 0 Å². The standard InChI is InChI=1S/C6H5N3OS/c7-4-1-3-5(10)8-2-9-6(3)11-4/h1-2H,7H2,(H,8,9,10). The zero-order chi connectivity index (χ0) is 7.84. The van der Waals surface area contributed by atoms with Crippen molar-refractivity contribution in [3.8, 4) is 0 Å². The molecule has 2 aromatic rings.